The van der Waals surface area contributed by atoms with Crippen molar-refractivity contribution in [3.8, 4) is 0 Å². The first kappa shape index (κ1) is 14.5. The highest BCUT2D eigenvalue weighted by molar-refractivity contribution is 7.99. The van der Waals surface area contributed by atoms with Crippen molar-refractivity contribution in [2.24, 2.45) is 5.92 Å². The van der Waals surface area contributed by atoms with Crippen LogP contribution in [-0.2, 0) is 11.3 Å². The summed E-state index contributed by atoms with van der Waals surface area (Å²) in [6.45, 7) is 7.12. The molecule has 0 bridgehead atoms. The van der Waals surface area contributed by atoms with E-state index in [4.69, 9.17) is 4.74 Å². The van der Waals surface area contributed by atoms with Crippen LogP contribution < -0.4 is 5.32 Å². The Bertz CT molecular complexity index is 318. The molecule has 0 aliphatic carbocycles. The van der Waals surface area contributed by atoms with E-state index in [2.05, 4.69) is 30.2 Å². The van der Waals surface area contributed by atoms with E-state index in [0.29, 0.717) is 5.92 Å². The van der Waals surface area contributed by atoms with Gasteiger partial charge in [0.05, 0.1) is 6.61 Å². The maximum Gasteiger partial charge on any atom is 0.101 e. The van der Waals surface area contributed by atoms with E-state index in [0.717, 1.165) is 30.5 Å². The van der Waals surface area contributed by atoms with E-state index in [9.17, 15) is 0 Å². The number of hydrogen-bond acceptors (Lipinski definition) is 4. The Morgan fingerprint density at radius 2 is 2.29 bits per heavy atom. The van der Waals surface area contributed by atoms with E-state index in [1.54, 1.807) is 18.9 Å². The molecule has 0 fully saturated rings. The van der Waals surface area contributed by atoms with Gasteiger partial charge in [0.1, 0.15) is 5.03 Å². The van der Waals surface area contributed by atoms with E-state index in [1.165, 1.54) is 5.56 Å². The molecule has 4 heteroatoms. The molecule has 17 heavy (non-hydrogen) atoms. The number of methoxy groups -OCH3 is 1. The minimum atomic E-state index is 0.677. The Hall–Kier alpha value is -0.580. The second-order valence-corrected chi connectivity index (χ2v) is 5.42. The zero-order valence-electron chi connectivity index (χ0n) is 10.9. The second-order valence-electron chi connectivity index (χ2n) is 4.33. The Morgan fingerprint density at radius 1 is 1.47 bits per heavy atom. The molecule has 0 aromatic carbocycles. The number of rotatable bonds is 8. The molecule has 0 aliphatic rings. The van der Waals surface area contributed by atoms with Gasteiger partial charge in [0, 0.05) is 25.6 Å². The van der Waals surface area contributed by atoms with Crippen LogP contribution in [0.15, 0.2) is 23.4 Å². The summed E-state index contributed by atoms with van der Waals surface area (Å²) in [5.41, 5.74) is 1.27. The highest BCUT2D eigenvalue weighted by Gasteiger charge is 2.04. The normalized spacial score (nSPS) is 11.1. The summed E-state index contributed by atoms with van der Waals surface area (Å²) in [5, 5.41) is 4.56. The number of thioether (sulfide) groups is 1. The molecule has 0 unspecified atom stereocenters. The van der Waals surface area contributed by atoms with Crippen LogP contribution in [-0.4, -0.2) is 31.0 Å². The molecule has 1 heterocycles. The molecule has 96 valence electrons. The fraction of sp³-hybridized carbons (Fsp3) is 0.615. The molecule has 0 atom stereocenters. The van der Waals surface area contributed by atoms with Crippen molar-refractivity contribution in [3.05, 3.63) is 23.9 Å². The number of nitrogens with one attached hydrogen (secondary N) is 1. The standard InChI is InChI=1S/C13H22N2OS/c1-11(2)9-14-10-12-5-4-6-15-13(12)17-8-7-16-3/h4-6,11,14H,7-10H2,1-3H3. The fourth-order valence-corrected chi connectivity index (χ4v) is 2.31. The molecule has 0 radical (unpaired) electrons. The van der Waals surface area contributed by atoms with Crippen LogP contribution in [0.5, 0.6) is 0 Å². The zero-order valence-corrected chi connectivity index (χ0v) is 11.7. The van der Waals surface area contributed by atoms with Crippen molar-refractivity contribution in [3.63, 3.8) is 0 Å². The molecule has 0 aliphatic heterocycles. The van der Waals surface area contributed by atoms with Crippen LogP contribution in [0, 0.1) is 5.92 Å². The molecule has 0 saturated carbocycles. The molecule has 1 N–H and O–H groups in total. The minimum absolute atomic E-state index is 0.677. The van der Waals surface area contributed by atoms with Gasteiger partial charge in [0.15, 0.2) is 0 Å². The topological polar surface area (TPSA) is 34.1 Å². The summed E-state index contributed by atoms with van der Waals surface area (Å²) in [4.78, 5) is 4.42. The molecule has 3 nitrogen and oxygen atoms in total. The number of hydrogen-bond donors (Lipinski definition) is 1. The Labute approximate surface area is 108 Å². The first-order valence-corrected chi connectivity index (χ1v) is 6.99. The SMILES string of the molecule is COCCSc1ncccc1CNCC(C)C. The summed E-state index contributed by atoms with van der Waals surface area (Å²) in [5.74, 6) is 1.63. The third-order valence-corrected chi connectivity index (χ3v) is 3.26. The lowest BCUT2D eigenvalue weighted by Crippen LogP contribution is -2.19. The lowest BCUT2D eigenvalue weighted by molar-refractivity contribution is 0.218. The fourth-order valence-electron chi connectivity index (χ4n) is 1.41. The average molecular weight is 254 g/mol. The van der Waals surface area contributed by atoms with Gasteiger partial charge in [0.2, 0.25) is 0 Å². The van der Waals surface area contributed by atoms with Crippen LogP contribution in [0.1, 0.15) is 19.4 Å². The average Bonchev–Trinajstić information content (AvgIpc) is 2.31. The Balaban J connectivity index is 2.46. The van der Waals surface area contributed by atoms with Crippen LogP contribution in [0.2, 0.25) is 0 Å². The molecular weight excluding hydrogens is 232 g/mol. The van der Waals surface area contributed by atoms with Crippen LogP contribution in [0.3, 0.4) is 0 Å². The smallest absolute Gasteiger partial charge is 0.101 e. The number of pyridine rings is 1. The largest absolute Gasteiger partial charge is 0.384 e. The minimum Gasteiger partial charge on any atom is -0.384 e. The first-order valence-electron chi connectivity index (χ1n) is 6.00. The van der Waals surface area contributed by atoms with Crippen molar-refractivity contribution in [1.82, 2.24) is 10.3 Å². The molecular formula is C13H22N2OS. The van der Waals surface area contributed by atoms with Gasteiger partial charge in [-0.2, -0.15) is 0 Å². The molecule has 1 aromatic heterocycles. The van der Waals surface area contributed by atoms with Gasteiger partial charge >= 0.3 is 0 Å². The van der Waals surface area contributed by atoms with Gasteiger partial charge in [0.25, 0.3) is 0 Å². The summed E-state index contributed by atoms with van der Waals surface area (Å²) in [6, 6.07) is 4.13. The van der Waals surface area contributed by atoms with Crippen LogP contribution >= 0.6 is 11.8 Å². The highest BCUT2D eigenvalue weighted by atomic mass is 32.2. The summed E-state index contributed by atoms with van der Waals surface area (Å²) < 4.78 is 5.05. The van der Waals surface area contributed by atoms with Gasteiger partial charge in [-0.15, -0.1) is 11.8 Å². The first-order chi connectivity index (χ1) is 8.24. The third kappa shape index (κ3) is 6.05. The van der Waals surface area contributed by atoms with Crippen molar-refractivity contribution < 1.29 is 4.74 Å². The monoisotopic (exact) mass is 254 g/mol. The molecule has 0 amide bonds. The summed E-state index contributed by atoms with van der Waals surface area (Å²) in [6.07, 6.45) is 1.85. The lowest BCUT2D eigenvalue weighted by Gasteiger charge is -2.10. The number of nitrogens with zero attached hydrogens (tertiary/aromatic N) is 1. The molecule has 1 rings (SSSR count). The maximum absolute atomic E-state index is 5.05. The second kappa shape index (κ2) is 8.50. The Morgan fingerprint density at radius 3 is 3.00 bits per heavy atom. The van der Waals surface area contributed by atoms with Gasteiger partial charge < -0.3 is 10.1 Å². The van der Waals surface area contributed by atoms with Gasteiger partial charge in [-0.3, -0.25) is 0 Å². The highest BCUT2D eigenvalue weighted by Crippen LogP contribution is 2.19. The van der Waals surface area contributed by atoms with Crippen molar-refractivity contribution in [1.29, 1.82) is 0 Å². The molecule has 1 aromatic rings. The lowest BCUT2D eigenvalue weighted by atomic mass is 10.2. The molecule has 0 saturated heterocycles. The van der Waals surface area contributed by atoms with Gasteiger partial charge in [-0.05, 0) is 24.1 Å². The predicted molar refractivity (Wildman–Crippen MR) is 73.4 cm³/mol. The quantitative estimate of drug-likeness (QED) is 0.571. The van der Waals surface area contributed by atoms with Gasteiger partial charge in [-0.1, -0.05) is 19.9 Å². The van der Waals surface area contributed by atoms with E-state index in [-0.39, 0.29) is 0 Å². The summed E-state index contributed by atoms with van der Waals surface area (Å²) >= 11 is 1.75. The Kier molecular flexibility index (Phi) is 7.24. The van der Waals surface area contributed by atoms with E-state index in [1.807, 2.05) is 12.3 Å². The van der Waals surface area contributed by atoms with Gasteiger partial charge in [-0.25, -0.2) is 4.98 Å². The van der Waals surface area contributed by atoms with E-state index < -0.39 is 0 Å². The van der Waals surface area contributed by atoms with E-state index >= 15 is 0 Å². The van der Waals surface area contributed by atoms with Crippen molar-refractivity contribution in [2.45, 2.75) is 25.4 Å². The van der Waals surface area contributed by atoms with Crippen LogP contribution in [0.25, 0.3) is 0 Å². The number of ether oxygens (including phenoxy) is 1. The maximum atomic E-state index is 5.05. The number of aromatic nitrogens is 1. The third-order valence-electron chi connectivity index (χ3n) is 2.24. The zero-order chi connectivity index (χ0) is 12.5. The summed E-state index contributed by atoms with van der Waals surface area (Å²) in [7, 11) is 1.73. The van der Waals surface area contributed by atoms with Crippen molar-refractivity contribution >= 4 is 11.8 Å². The molecule has 0 spiro atoms. The van der Waals surface area contributed by atoms with Crippen molar-refractivity contribution in [2.75, 3.05) is 26.0 Å². The van der Waals surface area contributed by atoms with Crippen LogP contribution in [0.4, 0.5) is 0 Å². The predicted octanol–water partition coefficient (Wildman–Crippen LogP) is 2.57.